The molecule has 0 amide bonds. The number of hydrogen-bond donors (Lipinski definition) is 3. The first-order valence-electron chi connectivity index (χ1n) is 4.40. The maximum atomic E-state index is 10.4. The number of carboxylic acids is 1. The number of rotatable bonds is 2. The highest BCUT2D eigenvalue weighted by Gasteiger charge is 2.22. The van der Waals surface area contributed by atoms with E-state index in [2.05, 4.69) is 0 Å². The van der Waals surface area contributed by atoms with E-state index in [1.807, 2.05) is 0 Å². The van der Waals surface area contributed by atoms with Crippen molar-refractivity contribution in [2.75, 3.05) is 13.1 Å². The van der Waals surface area contributed by atoms with E-state index in [-0.39, 0.29) is 18.3 Å². The molecule has 0 aromatic heterocycles. The van der Waals surface area contributed by atoms with Crippen LogP contribution in [0.25, 0.3) is 0 Å². The lowest BCUT2D eigenvalue weighted by Crippen LogP contribution is -2.43. The van der Waals surface area contributed by atoms with E-state index in [0.29, 0.717) is 6.54 Å². The Labute approximate surface area is 77.0 Å². The third-order valence-corrected chi connectivity index (χ3v) is 2.32. The smallest absolute Gasteiger partial charge is 0.303 e. The van der Waals surface area contributed by atoms with Gasteiger partial charge in [-0.15, -0.1) is 0 Å². The lowest BCUT2D eigenvalue weighted by atomic mass is 9.95. The van der Waals surface area contributed by atoms with E-state index >= 15 is 0 Å². The number of carboxylic acid groups (broad SMARTS) is 1. The van der Waals surface area contributed by atoms with Crippen LogP contribution in [0.4, 0.5) is 0 Å². The fourth-order valence-electron chi connectivity index (χ4n) is 1.70. The summed E-state index contributed by atoms with van der Waals surface area (Å²) in [7, 11) is 0. The molecule has 1 fully saturated rings. The van der Waals surface area contributed by atoms with E-state index in [1.54, 1.807) is 4.90 Å². The van der Waals surface area contributed by atoms with E-state index in [0.717, 1.165) is 19.4 Å². The Hall–Kier alpha value is -1.26. The molecule has 1 aliphatic rings. The maximum Gasteiger partial charge on any atom is 0.303 e. The van der Waals surface area contributed by atoms with Crippen molar-refractivity contribution in [1.82, 2.24) is 4.90 Å². The molecule has 0 radical (unpaired) electrons. The van der Waals surface area contributed by atoms with Crippen molar-refractivity contribution in [3.63, 3.8) is 0 Å². The van der Waals surface area contributed by atoms with Gasteiger partial charge in [-0.2, -0.15) is 0 Å². The summed E-state index contributed by atoms with van der Waals surface area (Å²) in [6, 6.07) is 0. The molecule has 0 aromatic rings. The number of hydrogen-bond acceptors (Lipinski definition) is 2. The second-order valence-corrected chi connectivity index (χ2v) is 3.44. The van der Waals surface area contributed by atoms with Crippen LogP contribution in [-0.4, -0.2) is 35.0 Å². The molecular weight excluding hydrogens is 170 g/mol. The van der Waals surface area contributed by atoms with Gasteiger partial charge in [-0.3, -0.25) is 10.2 Å². The molecule has 13 heavy (non-hydrogen) atoms. The zero-order chi connectivity index (χ0) is 9.84. The number of guanidine groups is 1. The van der Waals surface area contributed by atoms with Gasteiger partial charge in [-0.25, -0.2) is 0 Å². The first-order chi connectivity index (χ1) is 6.09. The van der Waals surface area contributed by atoms with Crippen LogP contribution < -0.4 is 5.73 Å². The van der Waals surface area contributed by atoms with Crippen molar-refractivity contribution in [3.8, 4) is 0 Å². The third-order valence-electron chi connectivity index (χ3n) is 2.32. The van der Waals surface area contributed by atoms with Gasteiger partial charge in [-0.05, 0) is 18.8 Å². The average molecular weight is 185 g/mol. The molecule has 0 spiro atoms. The van der Waals surface area contributed by atoms with Crippen molar-refractivity contribution >= 4 is 11.9 Å². The molecule has 1 heterocycles. The average Bonchev–Trinajstić information content (AvgIpc) is 2.03. The summed E-state index contributed by atoms with van der Waals surface area (Å²) in [5.74, 6) is -0.569. The molecule has 0 bridgehead atoms. The second kappa shape index (κ2) is 4.11. The number of carbonyl (C=O) groups is 1. The van der Waals surface area contributed by atoms with Crippen molar-refractivity contribution in [2.45, 2.75) is 19.3 Å². The summed E-state index contributed by atoms with van der Waals surface area (Å²) in [6.07, 6.45) is 2.04. The highest BCUT2D eigenvalue weighted by atomic mass is 16.4. The molecule has 0 unspecified atom stereocenters. The molecule has 0 aliphatic carbocycles. The standard InChI is InChI=1S/C8H15N3O2/c9-8(10)11-3-1-2-6(5-11)4-7(12)13/h6H,1-5H2,(H3,9,10)(H,12,13)/t6-/m1/s1. The van der Waals surface area contributed by atoms with Crippen LogP contribution in [0.3, 0.4) is 0 Å². The van der Waals surface area contributed by atoms with Gasteiger partial charge < -0.3 is 15.7 Å². The molecule has 5 heteroatoms. The van der Waals surface area contributed by atoms with Crippen LogP contribution in [0.1, 0.15) is 19.3 Å². The fraction of sp³-hybridized carbons (Fsp3) is 0.750. The van der Waals surface area contributed by atoms with Crippen LogP contribution in [-0.2, 0) is 4.79 Å². The van der Waals surface area contributed by atoms with Gasteiger partial charge in [0, 0.05) is 19.5 Å². The lowest BCUT2D eigenvalue weighted by molar-refractivity contribution is -0.138. The molecule has 0 saturated carbocycles. The Kier molecular flexibility index (Phi) is 3.11. The zero-order valence-corrected chi connectivity index (χ0v) is 7.49. The quantitative estimate of drug-likeness (QED) is 0.419. The molecule has 74 valence electrons. The molecule has 1 atom stereocenters. The van der Waals surface area contributed by atoms with Crippen LogP contribution in [0.2, 0.25) is 0 Å². The minimum absolute atomic E-state index is 0.0510. The minimum Gasteiger partial charge on any atom is -0.481 e. The maximum absolute atomic E-state index is 10.4. The first kappa shape index (κ1) is 9.83. The van der Waals surface area contributed by atoms with Crippen molar-refractivity contribution in [3.05, 3.63) is 0 Å². The number of aliphatic carboxylic acids is 1. The number of nitrogens with one attached hydrogen (secondary N) is 1. The predicted molar refractivity (Wildman–Crippen MR) is 48.5 cm³/mol. The summed E-state index contributed by atoms with van der Waals surface area (Å²) in [5, 5.41) is 15.8. The molecule has 1 saturated heterocycles. The van der Waals surface area contributed by atoms with Gasteiger partial charge in [0.25, 0.3) is 0 Å². The highest BCUT2D eigenvalue weighted by molar-refractivity contribution is 5.74. The molecule has 4 N–H and O–H groups in total. The Morgan fingerprint density at radius 2 is 2.38 bits per heavy atom. The van der Waals surface area contributed by atoms with Gasteiger partial charge in [0.2, 0.25) is 0 Å². The predicted octanol–water partition coefficient (Wildman–Crippen LogP) is 0.0666. The summed E-state index contributed by atoms with van der Waals surface area (Å²) < 4.78 is 0. The van der Waals surface area contributed by atoms with Crippen molar-refractivity contribution in [1.29, 1.82) is 5.41 Å². The minimum atomic E-state index is -0.768. The Morgan fingerprint density at radius 1 is 1.69 bits per heavy atom. The van der Waals surface area contributed by atoms with Crippen LogP contribution in [0.5, 0.6) is 0 Å². The van der Waals surface area contributed by atoms with E-state index in [9.17, 15) is 4.79 Å². The van der Waals surface area contributed by atoms with Gasteiger partial charge >= 0.3 is 5.97 Å². The van der Waals surface area contributed by atoms with Gasteiger partial charge in [0.15, 0.2) is 5.96 Å². The lowest BCUT2D eigenvalue weighted by Gasteiger charge is -2.32. The van der Waals surface area contributed by atoms with Crippen LogP contribution >= 0.6 is 0 Å². The summed E-state index contributed by atoms with van der Waals surface area (Å²) in [5.41, 5.74) is 5.32. The second-order valence-electron chi connectivity index (χ2n) is 3.44. The van der Waals surface area contributed by atoms with Crippen LogP contribution in [0, 0.1) is 11.3 Å². The van der Waals surface area contributed by atoms with E-state index < -0.39 is 5.97 Å². The Balaban J connectivity index is 2.41. The number of likely N-dealkylation sites (tertiary alicyclic amines) is 1. The molecule has 0 aromatic carbocycles. The summed E-state index contributed by atoms with van der Waals surface area (Å²) >= 11 is 0. The first-order valence-corrected chi connectivity index (χ1v) is 4.40. The van der Waals surface area contributed by atoms with Gasteiger partial charge in [-0.1, -0.05) is 0 Å². The monoisotopic (exact) mass is 185 g/mol. The van der Waals surface area contributed by atoms with Gasteiger partial charge in [0.1, 0.15) is 0 Å². The van der Waals surface area contributed by atoms with E-state index in [1.165, 1.54) is 0 Å². The number of nitrogens with two attached hydrogens (primary N) is 1. The SMILES string of the molecule is N=C(N)N1CCC[C@H](CC(=O)O)C1. The Bertz CT molecular complexity index is 217. The molecule has 1 rings (SSSR count). The van der Waals surface area contributed by atoms with E-state index in [4.69, 9.17) is 16.2 Å². The van der Waals surface area contributed by atoms with Crippen molar-refractivity contribution in [2.24, 2.45) is 11.7 Å². The zero-order valence-electron chi connectivity index (χ0n) is 7.49. The molecule has 5 nitrogen and oxygen atoms in total. The topological polar surface area (TPSA) is 90.4 Å². The molecular formula is C8H15N3O2. The molecule has 1 aliphatic heterocycles. The largest absolute Gasteiger partial charge is 0.481 e. The van der Waals surface area contributed by atoms with Crippen molar-refractivity contribution < 1.29 is 9.90 Å². The number of piperidine rings is 1. The highest BCUT2D eigenvalue weighted by Crippen LogP contribution is 2.18. The van der Waals surface area contributed by atoms with Crippen LogP contribution in [0.15, 0.2) is 0 Å². The third kappa shape index (κ3) is 2.93. The normalized spacial score (nSPS) is 22.8. The summed E-state index contributed by atoms with van der Waals surface area (Å²) in [6.45, 7) is 1.40. The Morgan fingerprint density at radius 3 is 2.92 bits per heavy atom. The van der Waals surface area contributed by atoms with Gasteiger partial charge in [0.05, 0.1) is 0 Å². The number of nitrogens with zero attached hydrogens (tertiary/aromatic N) is 1. The summed E-state index contributed by atoms with van der Waals surface area (Å²) in [4.78, 5) is 12.2. The fourth-order valence-corrected chi connectivity index (χ4v) is 1.70.